The SMILES string of the molecule is CC(=O)Nc1ccc([C@@H]2NC(=O)NC2=O)cc1. The molecular formula is C11H11N3O3. The van der Waals surface area contributed by atoms with E-state index in [0.29, 0.717) is 11.3 Å². The number of carbonyl (C=O) groups is 3. The van der Waals surface area contributed by atoms with Gasteiger partial charge in [-0.3, -0.25) is 14.9 Å². The average molecular weight is 233 g/mol. The predicted molar refractivity (Wildman–Crippen MR) is 60.2 cm³/mol. The first-order valence-corrected chi connectivity index (χ1v) is 5.05. The van der Waals surface area contributed by atoms with Gasteiger partial charge in [0.1, 0.15) is 6.04 Å². The topological polar surface area (TPSA) is 87.3 Å². The minimum absolute atomic E-state index is 0.162. The second-order valence-electron chi connectivity index (χ2n) is 3.70. The van der Waals surface area contributed by atoms with E-state index in [1.165, 1.54) is 6.92 Å². The molecule has 0 saturated carbocycles. The number of imide groups is 1. The molecule has 88 valence electrons. The van der Waals surface area contributed by atoms with Crippen LogP contribution < -0.4 is 16.0 Å². The van der Waals surface area contributed by atoms with Crippen LogP contribution in [0.4, 0.5) is 10.5 Å². The van der Waals surface area contributed by atoms with Crippen LogP contribution in [-0.2, 0) is 9.59 Å². The Labute approximate surface area is 97.4 Å². The minimum atomic E-state index is -0.658. The Morgan fingerprint density at radius 2 is 1.88 bits per heavy atom. The van der Waals surface area contributed by atoms with Crippen LogP contribution >= 0.6 is 0 Å². The molecule has 0 radical (unpaired) electrons. The summed E-state index contributed by atoms with van der Waals surface area (Å²) in [6, 6.07) is 5.56. The molecule has 3 N–H and O–H groups in total. The highest BCUT2D eigenvalue weighted by Gasteiger charge is 2.30. The molecule has 1 fully saturated rings. The lowest BCUT2D eigenvalue weighted by Crippen LogP contribution is -2.22. The number of hydrogen-bond acceptors (Lipinski definition) is 3. The van der Waals surface area contributed by atoms with Gasteiger partial charge in [-0.15, -0.1) is 0 Å². The molecule has 0 spiro atoms. The fourth-order valence-electron chi connectivity index (χ4n) is 1.61. The fourth-order valence-corrected chi connectivity index (χ4v) is 1.61. The smallest absolute Gasteiger partial charge is 0.322 e. The molecule has 6 nitrogen and oxygen atoms in total. The van der Waals surface area contributed by atoms with Crippen molar-refractivity contribution in [2.45, 2.75) is 13.0 Å². The first-order valence-electron chi connectivity index (χ1n) is 5.05. The van der Waals surface area contributed by atoms with Crippen molar-refractivity contribution in [1.29, 1.82) is 0 Å². The van der Waals surface area contributed by atoms with Crippen LogP contribution in [-0.4, -0.2) is 17.8 Å². The van der Waals surface area contributed by atoms with Gasteiger partial charge in [0.2, 0.25) is 5.91 Å². The van der Waals surface area contributed by atoms with E-state index in [1.54, 1.807) is 24.3 Å². The van der Waals surface area contributed by atoms with Crippen molar-refractivity contribution >= 4 is 23.5 Å². The van der Waals surface area contributed by atoms with Gasteiger partial charge in [0.05, 0.1) is 0 Å². The van der Waals surface area contributed by atoms with Crippen molar-refractivity contribution < 1.29 is 14.4 Å². The summed E-state index contributed by atoms with van der Waals surface area (Å²) in [7, 11) is 0. The molecule has 0 bridgehead atoms. The van der Waals surface area contributed by atoms with Gasteiger partial charge < -0.3 is 10.6 Å². The van der Waals surface area contributed by atoms with Gasteiger partial charge in [-0.25, -0.2) is 4.79 Å². The number of amides is 4. The van der Waals surface area contributed by atoms with Gasteiger partial charge in [0.25, 0.3) is 5.91 Å². The van der Waals surface area contributed by atoms with Gasteiger partial charge >= 0.3 is 6.03 Å². The molecule has 1 aliphatic heterocycles. The van der Waals surface area contributed by atoms with Crippen molar-refractivity contribution in [3.05, 3.63) is 29.8 Å². The highest BCUT2D eigenvalue weighted by atomic mass is 16.2. The molecular weight excluding hydrogens is 222 g/mol. The van der Waals surface area contributed by atoms with E-state index in [4.69, 9.17) is 0 Å². The zero-order valence-corrected chi connectivity index (χ0v) is 9.11. The third-order valence-electron chi connectivity index (χ3n) is 2.34. The molecule has 6 heteroatoms. The Balaban J connectivity index is 2.15. The molecule has 0 aromatic heterocycles. The lowest BCUT2D eigenvalue weighted by atomic mass is 10.1. The summed E-state index contributed by atoms with van der Waals surface area (Å²) < 4.78 is 0. The normalized spacial score (nSPS) is 18.5. The Bertz CT molecular complexity index is 481. The Morgan fingerprint density at radius 3 is 2.35 bits per heavy atom. The number of carbonyl (C=O) groups excluding carboxylic acids is 3. The number of hydrogen-bond donors (Lipinski definition) is 3. The average Bonchev–Trinajstić information content (AvgIpc) is 2.58. The summed E-state index contributed by atoms with van der Waals surface area (Å²) in [6.45, 7) is 1.42. The van der Waals surface area contributed by atoms with Crippen LogP contribution in [0.3, 0.4) is 0 Å². The molecule has 0 unspecified atom stereocenters. The van der Waals surface area contributed by atoms with Crippen LogP contribution in [0.1, 0.15) is 18.5 Å². The largest absolute Gasteiger partial charge is 0.326 e. The quantitative estimate of drug-likeness (QED) is 0.651. The monoisotopic (exact) mass is 233 g/mol. The number of rotatable bonds is 2. The third kappa shape index (κ3) is 2.41. The molecule has 0 aliphatic carbocycles. The van der Waals surface area contributed by atoms with E-state index < -0.39 is 12.1 Å². The summed E-state index contributed by atoms with van der Waals surface area (Å²) in [5.41, 5.74) is 1.31. The van der Waals surface area contributed by atoms with Crippen molar-refractivity contribution in [1.82, 2.24) is 10.6 Å². The molecule has 2 rings (SSSR count). The lowest BCUT2D eigenvalue weighted by molar-refractivity contribution is -0.120. The van der Waals surface area contributed by atoms with Gasteiger partial charge in [-0.2, -0.15) is 0 Å². The first kappa shape index (κ1) is 11.1. The van der Waals surface area contributed by atoms with E-state index in [9.17, 15) is 14.4 Å². The van der Waals surface area contributed by atoms with Crippen LogP contribution in [0.2, 0.25) is 0 Å². The van der Waals surface area contributed by atoms with E-state index >= 15 is 0 Å². The fraction of sp³-hybridized carbons (Fsp3) is 0.182. The van der Waals surface area contributed by atoms with E-state index in [-0.39, 0.29) is 11.8 Å². The molecule has 1 aromatic rings. The van der Waals surface area contributed by atoms with Gasteiger partial charge in [0, 0.05) is 12.6 Å². The maximum atomic E-state index is 11.4. The maximum absolute atomic E-state index is 11.4. The van der Waals surface area contributed by atoms with Crippen molar-refractivity contribution in [3.8, 4) is 0 Å². The summed E-state index contributed by atoms with van der Waals surface area (Å²) in [5.74, 6) is -0.535. The van der Waals surface area contributed by atoms with Gasteiger partial charge in [0.15, 0.2) is 0 Å². The third-order valence-corrected chi connectivity index (χ3v) is 2.34. The van der Waals surface area contributed by atoms with E-state index in [2.05, 4.69) is 16.0 Å². The molecule has 1 aromatic carbocycles. The van der Waals surface area contributed by atoms with Crippen LogP contribution in [0.15, 0.2) is 24.3 Å². The van der Waals surface area contributed by atoms with Crippen LogP contribution in [0.25, 0.3) is 0 Å². The van der Waals surface area contributed by atoms with Gasteiger partial charge in [-0.05, 0) is 17.7 Å². The zero-order valence-electron chi connectivity index (χ0n) is 9.11. The Morgan fingerprint density at radius 1 is 1.24 bits per heavy atom. The van der Waals surface area contributed by atoms with Gasteiger partial charge in [-0.1, -0.05) is 12.1 Å². The summed E-state index contributed by atoms with van der Waals surface area (Å²) >= 11 is 0. The Hall–Kier alpha value is -2.37. The number of benzene rings is 1. The second kappa shape index (κ2) is 4.25. The van der Waals surface area contributed by atoms with Crippen LogP contribution in [0.5, 0.6) is 0 Å². The molecule has 1 heterocycles. The zero-order chi connectivity index (χ0) is 12.4. The number of anilines is 1. The first-order chi connectivity index (χ1) is 8.06. The van der Waals surface area contributed by atoms with E-state index in [1.807, 2.05) is 0 Å². The second-order valence-corrected chi connectivity index (χ2v) is 3.70. The highest BCUT2D eigenvalue weighted by Crippen LogP contribution is 2.18. The molecule has 1 saturated heterocycles. The minimum Gasteiger partial charge on any atom is -0.326 e. The maximum Gasteiger partial charge on any atom is 0.322 e. The molecule has 17 heavy (non-hydrogen) atoms. The number of nitrogens with one attached hydrogen (secondary N) is 3. The molecule has 1 aliphatic rings. The van der Waals surface area contributed by atoms with Crippen molar-refractivity contribution in [2.75, 3.05) is 5.32 Å². The van der Waals surface area contributed by atoms with Crippen molar-refractivity contribution in [2.24, 2.45) is 0 Å². The highest BCUT2D eigenvalue weighted by molar-refractivity contribution is 6.04. The van der Waals surface area contributed by atoms with E-state index in [0.717, 1.165) is 0 Å². The van der Waals surface area contributed by atoms with Crippen LogP contribution in [0, 0.1) is 0 Å². The summed E-state index contributed by atoms with van der Waals surface area (Å²) in [4.78, 5) is 33.2. The standard InChI is InChI=1S/C11H11N3O3/c1-6(15)12-8-4-2-7(3-5-8)9-10(16)14-11(17)13-9/h2-5,9H,1H3,(H,12,15)(H2,13,14,16,17)/t9-/m0/s1. The Kier molecular flexibility index (Phi) is 2.78. The number of urea groups is 1. The predicted octanol–water partition coefficient (Wildman–Crippen LogP) is 0.525. The molecule has 1 atom stereocenters. The summed E-state index contributed by atoms with van der Waals surface area (Å²) in [5, 5.41) is 7.26. The molecule has 4 amide bonds. The lowest BCUT2D eigenvalue weighted by Gasteiger charge is -2.08. The van der Waals surface area contributed by atoms with Crippen molar-refractivity contribution in [3.63, 3.8) is 0 Å². The summed E-state index contributed by atoms with van der Waals surface area (Å²) in [6.07, 6.45) is 0.